The Labute approximate surface area is 209 Å². The van der Waals surface area contributed by atoms with Gasteiger partial charge < -0.3 is 10.0 Å². The molecule has 5 nitrogen and oxygen atoms in total. The van der Waals surface area contributed by atoms with Gasteiger partial charge in [0.25, 0.3) is 0 Å². The Morgan fingerprint density at radius 1 is 1.03 bits per heavy atom. The van der Waals surface area contributed by atoms with Crippen molar-refractivity contribution in [2.24, 2.45) is 11.8 Å². The molecule has 34 heavy (non-hydrogen) atoms. The van der Waals surface area contributed by atoms with E-state index in [1.54, 1.807) is 0 Å². The van der Waals surface area contributed by atoms with E-state index in [0.29, 0.717) is 29.7 Å². The minimum atomic E-state index is -0.186. The molecule has 2 aliphatic carbocycles. The second-order valence-corrected chi connectivity index (χ2v) is 11.5. The van der Waals surface area contributed by atoms with Crippen LogP contribution in [-0.4, -0.2) is 58.4 Å². The summed E-state index contributed by atoms with van der Waals surface area (Å²) in [7, 11) is 0. The van der Waals surface area contributed by atoms with E-state index in [1.165, 1.54) is 18.4 Å². The predicted molar refractivity (Wildman–Crippen MR) is 136 cm³/mol. The molecule has 1 atom stereocenters. The van der Waals surface area contributed by atoms with Crippen molar-refractivity contribution in [2.45, 2.75) is 96.7 Å². The number of nitrogens with zero attached hydrogens (tertiary/aromatic N) is 2. The van der Waals surface area contributed by atoms with Crippen molar-refractivity contribution in [3.05, 3.63) is 33.8 Å². The van der Waals surface area contributed by atoms with Crippen molar-refractivity contribution in [3.63, 3.8) is 0 Å². The van der Waals surface area contributed by atoms with Gasteiger partial charge in [-0.2, -0.15) is 0 Å². The summed E-state index contributed by atoms with van der Waals surface area (Å²) in [5.74, 6) is 1.27. The zero-order chi connectivity index (χ0) is 24.2. The van der Waals surface area contributed by atoms with Crippen LogP contribution in [0.2, 0.25) is 5.02 Å². The second-order valence-electron chi connectivity index (χ2n) is 11.0. The van der Waals surface area contributed by atoms with Crippen molar-refractivity contribution in [3.8, 4) is 0 Å². The molecule has 1 aliphatic heterocycles. The number of benzene rings is 1. The van der Waals surface area contributed by atoms with E-state index in [4.69, 9.17) is 11.6 Å². The number of hydrogen-bond donors (Lipinski definition) is 1. The largest absolute Gasteiger partial charge is 0.393 e. The van der Waals surface area contributed by atoms with Crippen LogP contribution >= 0.6 is 11.6 Å². The average Bonchev–Trinajstić information content (AvgIpc) is 3.33. The lowest BCUT2D eigenvalue weighted by Crippen LogP contribution is -2.54. The summed E-state index contributed by atoms with van der Waals surface area (Å²) in [5.41, 5.74) is 3.37. The lowest BCUT2D eigenvalue weighted by atomic mass is 9.83. The second kappa shape index (κ2) is 11.5. The molecular formula is C28H41ClN2O3. The average molecular weight is 489 g/mol. The van der Waals surface area contributed by atoms with Crippen molar-refractivity contribution >= 4 is 23.3 Å². The van der Waals surface area contributed by atoms with Gasteiger partial charge in [0.2, 0.25) is 5.91 Å². The maximum absolute atomic E-state index is 12.9. The van der Waals surface area contributed by atoms with Gasteiger partial charge in [-0.25, -0.2) is 0 Å². The standard InChI is InChI=1S/C28H41ClN2O3/c1-19-17-30(11-12-31(19)28(34)22-5-3-4-6-22)18-24-15-25(29)14-23(20(24)2)16-27(33)13-21-7-9-26(32)10-8-21/h14-15,19,21-22,26,32H,3-13,16-18H2,1-2H3/t19-,21?,26?/m0/s1. The summed E-state index contributed by atoms with van der Waals surface area (Å²) in [6, 6.07) is 4.20. The molecule has 0 unspecified atom stereocenters. The first-order valence-corrected chi connectivity index (χ1v) is 13.7. The summed E-state index contributed by atoms with van der Waals surface area (Å²) in [4.78, 5) is 30.3. The highest BCUT2D eigenvalue weighted by Gasteiger charge is 2.33. The molecule has 0 radical (unpaired) electrons. The molecule has 0 spiro atoms. The van der Waals surface area contributed by atoms with Gasteiger partial charge in [-0.1, -0.05) is 24.4 Å². The molecule has 1 aromatic rings. The van der Waals surface area contributed by atoms with Gasteiger partial charge in [0.1, 0.15) is 5.78 Å². The molecule has 0 bridgehead atoms. The molecular weight excluding hydrogens is 448 g/mol. The Bertz CT molecular complexity index is 875. The molecule has 1 amide bonds. The lowest BCUT2D eigenvalue weighted by molar-refractivity contribution is -0.140. The number of Topliss-reactive ketones (excluding diaryl/α,β-unsaturated/α-hetero) is 1. The van der Waals surface area contributed by atoms with Gasteiger partial charge in [-0.05, 0) is 87.1 Å². The number of carbonyl (C=O) groups is 2. The molecule has 1 heterocycles. The SMILES string of the molecule is Cc1c(CC(=O)CC2CCC(O)CC2)cc(Cl)cc1CN1CCN(C(=O)C2CCCC2)[C@@H](C)C1. The van der Waals surface area contributed by atoms with Crippen LogP contribution in [0.25, 0.3) is 0 Å². The van der Waals surface area contributed by atoms with Crippen LogP contribution in [0.5, 0.6) is 0 Å². The zero-order valence-electron chi connectivity index (χ0n) is 20.9. The zero-order valence-corrected chi connectivity index (χ0v) is 21.7. The van der Waals surface area contributed by atoms with Gasteiger partial charge in [0.05, 0.1) is 6.10 Å². The Hall–Kier alpha value is -1.43. The lowest BCUT2D eigenvalue weighted by Gasteiger charge is -2.41. The van der Waals surface area contributed by atoms with Crippen LogP contribution < -0.4 is 0 Å². The molecule has 3 aliphatic rings. The van der Waals surface area contributed by atoms with Crippen LogP contribution in [0, 0.1) is 18.8 Å². The fraction of sp³-hybridized carbons (Fsp3) is 0.714. The van der Waals surface area contributed by atoms with Gasteiger partial charge in [0, 0.05) is 56.0 Å². The molecule has 1 aromatic carbocycles. The predicted octanol–water partition coefficient (Wildman–Crippen LogP) is 4.92. The number of ketones is 1. The Morgan fingerprint density at radius 2 is 1.71 bits per heavy atom. The molecule has 1 N–H and O–H groups in total. The monoisotopic (exact) mass is 488 g/mol. The van der Waals surface area contributed by atoms with Crippen LogP contribution in [0.15, 0.2) is 12.1 Å². The summed E-state index contributed by atoms with van der Waals surface area (Å²) < 4.78 is 0. The number of aliphatic hydroxyl groups is 1. The Kier molecular flexibility index (Phi) is 8.71. The fourth-order valence-corrected chi connectivity index (χ4v) is 6.52. The molecule has 6 heteroatoms. The number of rotatable bonds is 7. The van der Waals surface area contributed by atoms with E-state index in [0.717, 1.165) is 75.8 Å². The molecule has 4 rings (SSSR count). The first-order valence-electron chi connectivity index (χ1n) is 13.3. The van der Waals surface area contributed by atoms with Crippen molar-refractivity contribution in [1.82, 2.24) is 9.80 Å². The van der Waals surface area contributed by atoms with E-state index in [9.17, 15) is 14.7 Å². The third-order valence-corrected chi connectivity index (χ3v) is 8.62. The summed E-state index contributed by atoms with van der Waals surface area (Å²) in [5, 5.41) is 10.4. The third kappa shape index (κ3) is 6.41. The smallest absolute Gasteiger partial charge is 0.226 e. The van der Waals surface area contributed by atoms with Crippen molar-refractivity contribution in [2.75, 3.05) is 19.6 Å². The van der Waals surface area contributed by atoms with Crippen molar-refractivity contribution in [1.29, 1.82) is 0 Å². The van der Waals surface area contributed by atoms with Gasteiger partial charge in [-0.15, -0.1) is 0 Å². The molecule has 3 fully saturated rings. The Balaban J connectivity index is 1.34. The first kappa shape index (κ1) is 25.7. The summed E-state index contributed by atoms with van der Waals surface area (Å²) >= 11 is 6.49. The number of carbonyl (C=O) groups excluding carboxylic acids is 2. The van der Waals surface area contributed by atoms with E-state index < -0.39 is 0 Å². The summed E-state index contributed by atoms with van der Waals surface area (Å²) in [6.07, 6.45) is 8.85. The quantitative estimate of drug-likeness (QED) is 0.591. The third-order valence-electron chi connectivity index (χ3n) is 8.40. The van der Waals surface area contributed by atoms with Gasteiger partial charge >= 0.3 is 0 Å². The highest BCUT2D eigenvalue weighted by atomic mass is 35.5. The van der Waals surface area contributed by atoms with E-state index in [-0.39, 0.29) is 23.8 Å². The highest BCUT2D eigenvalue weighted by molar-refractivity contribution is 6.30. The Morgan fingerprint density at radius 3 is 2.38 bits per heavy atom. The van der Waals surface area contributed by atoms with Gasteiger partial charge in [-0.3, -0.25) is 14.5 Å². The number of hydrogen-bond acceptors (Lipinski definition) is 4. The van der Waals surface area contributed by atoms with Crippen LogP contribution in [0.3, 0.4) is 0 Å². The van der Waals surface area contributed by atoms with Crippen molar-refractivity contribution < 1.29 is 14.7 Å². The molecule has 2 saturated carbocycles. The minimum Gasteiger partial charge on any atom is -0.393 e. The number of aliphatic hydroxyl groups excluding tert-OH is 1. The number of piperazine rings is 1. The maximum Gasteiger partial charge on any atom is 0.226 e. The van der Waals surface area contributed by atoms with Gasteiger partial charge in [0.15, 0.2) is 0 Å². The van der Waals surface area contributed by atoms with Crippen LogP contribution in [0.1, 0.15) is 81.4 Å². The fourth-order valence-electron chi connectivity index (χ4n) is 6.25. The topological polar surface area (TPSA) is 60.9 Å². The first-order chi connectivity index (χ1) is 16.3. The van der Waals surface area contributed by atoms with E-state index in [2.05, 4.69) is 23.6 Å². The molecule has 188 valence electrons. The normalized spacial score (nSPS) is 26.7. The van der Waals surface area contributed by atoms with E-state index in [1.807, 2.05) is 12.1 Å². The minimum absolute atomic E-state index is 0.186. The molecule has 0 aromatic heterocycles. The molecule has 1 saturated heterocycles. The maximum atomic E-state index is 12.9. The number of halogens is 1. The van der Waals surface area contributed by atoms with E-state index >= 15 is 0 Å². The van der Waals surface area contributed by atoms with Crippen LogP contribution in [-0.2, 0) is 22.6 Å². The highest BCUT2D eigenvalue weighted by Crippen LogP contribution is 2.30. The number of amides is 1. The summed E-state index contributed by atoms with van der Waals surface area (Å²) in [6.45, 7) is 7.59. The van der Waals surface area contributed by atoms with Crippen LogP contribution in [0.4, 0.5) is 0 Å².